The van der Waals surface area contributed by atoms with Crippen molar-refractivity contribution in [2.75, 3.05) is 6.54 Å². The Hall–Kier alpha value is -1.04. The lowest BCUT2D eigenvalue weighted by atomic mass is 9.81. The zero-order chi connectivity index (χ0) is 13.6. The number of carbonyl (C=O) groups excluding carboxylic acids is 1. The van der Waals surface area contributed by atoms with Gasteiger partial charge in [0, 0.05) is 12.6 Å². The molecule has 1 amide bonds. The van der Waals surface area contributed by atoms with E-state index < -0.39 is 5.41 Å². The van der Waals surface area contributed by atoms with Crippen molar-refractivity contribution in [1.29, 1.82) is 5.26 Å². The van der Waals surface area contributed by atoms with Crippen molar-refractivity contribution in [2.45, 2.75) is 71.8 Å². The first-order chi connectivity index (χ1) is 8.65. The van der Waals surface area contributed by atoms with E-state index in [0.717, 1.165) is 32.2 Å². The summed E-state index contributed by atoms with van der Waals surface area (Å²) in [7, 11) is 0. The molecule has 1 heterocycles. The minimum Gasteiger partial charge on any atom is -0.338 e. The number of piperidine rings is 1. The summed E-state index contributed by atoms with van der Waals surface area (Å²) in [4.78, 5) is 14.7. The van der Waals surface area contributed by atoms with Crippen LogP contribution in [0.5, 0.6) is 0 Å². The highest BCUT2D eigenvalue weighted by atomic mass is 16.2. The molecule has 0 saturated carbocycles. The Morgan fingerprint density at radius 1 is 1.33 bits per heavy atom. The Balaban J connectivity index is 2.88. The van der Waals surface area contributed by atoms with Gasteiger partial charge in [0.15, 0.2) is 0 Å². The van der Waals surface area contributed by atoms with Crippen molar-refractivity contribution in [3.63, 3.8) is 0 Å². The Labute approximate surface area is 111 Å². The summed E-state index contributed by atoms with van der Waals surface area (Å²) in [6.07, 6.45) is 6.82. The van der Waals surface area contributed by atoms with E-state index in [0.29, 0.717) is 18.9 Å². The Kier molecular flexibility index (Phi) is 5.65. The van der Waals surface area contributed by atoms with Crippen molar-refractivity contribution in [2.24, 2.45) is 5.41 Å². The molecule has 3 heteroatoms. The lowest BCUT2D eigenvalue weighted by Crippen LogP contribution is -2.50. The molecule has 0 aromatic heterocycles. The summed E-state index contributed by atoms with van der Waals surface area (Å²) in [5.74, 6) is 0.0770. The lowest BCUT2D eigenvalue weighted by molar-refractivity contribution is -0.143. The maximum Gasteiger partial charge on any atom is 0.243 e. The fourth-order valence-electron chi connectivity index (χ4n) is 2.93. The number of hydrogen-bond acceptors (Lipinski definition) is 2. The molecule has 1 unspecified atom stereocenters. The average molecular weight is 250 g/mol. The predicted octanol–water partition coefficient (Wildman–Crippen LogP) is 3.50. The van der Waals surface area contributed by atoms with Crippen molar-refractivity contribution in [1.82, 2.24) is 4.90 Å². The normalized spacial score (nSPS) is 20.6. The third-order valence-corrected chi connectivity index (χ3v) is 4.34. The maximum atomic E-state index is 12.7. The van der Waals surface area contributed by atoms with E-state index >= 15 is 0 Å². The van der Waals surface area contributed by atoms with Gasteiger partial charge in [-0.1, -0.05) is 27.2 Å². The van der Waals surface area contributed by atoms with Gasteiger partial charge in [-0.2, -0.15) is 5.26 Å². The monoisotopic (exact) mass is 250 g/mol. The molecule has 0 radical (unpaired) electrons. The fourth-order valence-corrected chi connectivity index (χ4v) is 2.93. The molecule has 3 nitrogen and oxygen atoms in total. The molecule has 0 spiro atoms. The molecule has 1 aliphatic heterocycles. The second kappa shape index (κ2) is 6.78. The summed E-state index contributed by atoms with van der Waals surface area (Å²) in [5.41, 5.74) is -0.788. The average Bonchev–Trinajstić information content (AvgIpc) is 2.42. The first kappa shape index (κ1) is 15.0. The molecule has 1 atom stereocenters. The summed E-state index contributed by atoms with van der Waals surface area (Å²) >= 11 is 0. The van der Waals surface area contributed by atoms with Gasteiger partial charge in [-0.05, 0) is 38.5 Å². The van der Waals surface area contributed by atoms with Crippen LogP contribution in [0.3, 0.4) is 0 Å². The second-order valence-electron chi connectivity index (χ2n) is 5.34. The number of likely N-dealkylation sites (tertiary alicyclic amines) is 1. The van der Waals surface area contributed by atoms with Crippen LogP contribution < -0.4 is 0 Å². The molecule has 18 heavy (non-hydrogen) atoms. The zero-order valence-corrected chi connectivity index (χ0v) is 12.0. The van der Waals surface area contributed by atoms with Gasteiger partial charge < -0.3 is 4.90 Å². The quantitative estimate of drug-likeness (QED) is 0.749. The Morgan fingerprint density at radius 3 is 2.50 bits per heavy atom. The van der Waals surface area contributed by atoms with Gasteiger partial charge in [0.05, 0.1) is 6.07 Å². The zero-order valence-electron chi connectivity index (χ0n) is 12.0. The third-order valence-electron chi connectivity index (χ3n) is 4.34. The van der Waals surface area contributed by atoms with Gasteiger partial charge in [-0.15, -0.1) is 0 Å². The highest BCUT2D eigenvalue weighted by Gasteiger charge is 2.41. The lowest BCUT2D eigenvalue weighted by Gasteiger charge is -2.40. The van der Waals surface area contributed by atoms with E-state index in [-0.39, 0.29) is 5.91 Å². The van der Waals surface area contributed by atoms with Crippen LogP contribution in [-0.4, -0.2) is 23.4 Å². The highest BCUT2D eigenvalue weighted by molar-refractivity contribution is 5.85. The van der Waals surface area contributed by atoms with Gasteiger partial charge >= 0.3 is 0 Å². The standard InChI is InChI=1S/C15H26N2O/c1-4-9-13-10-7-8-11-17(13)14(18)15(5-2,6-3)12-16/h13H,4-11H2,1-3H3. The maximum absolute atomic E-state index is 12.7. The summed E-state index contributed by atoms with van der Waals surface area (Å²) < 4.78 is 0. The highest BCUT2D eigenvalue weighted by Crippen LogP contribution is 2.32. The largest absolute Gasteiger partial charge is 0.338 e. The van der Waals surface area contributed by atoms with Crippen LogP contribution >= 0.6 is 0 Å². The molecule has 0 aromatic carbocycles. The molecule has 0 aromatic rings. The minimum absolute atomic E-state index is 0.0770. The van der Waals surface area contributed by atoms with Gasteiger partial charge in [0.25, 0.3) is 0 Å². The van der Waals surface area contributed by atoms with Crippen LogP contribution in [-0.2, 0) is 4.79 Å². The number of nitrogens with zero attached hydrogens (tertiary/aromatic N) is 2. The molecule has 1 rings (SSSR count). The molecule has 0 aliphatic carbocycles. The SMILES string of the molecule is CCCC1CCCCN1C(=O)C(C#N)(CC)CC. The minimum atomic E-state index is -0.788. The van der Waals surface area contributed by atoms with Crippen LogP contribution in [0, 0.1) is 16.7 Å². The topological polar surface area (TPSA) is 44.1 Å². The van der Waals surface area contributed by atoms with E-state index in [1.807, 2.05) is 18.7 Å². The summed E-state index contributed by atoms with van der Waals surface area (Å²) in [6.45, 7) is 6.90. The number of hydrogen-bond donors (Lipinski definition) is 0. The summed E-state index contributed by atoms with van der Waals surface area (Å²) in [6, 6.07) is 2.65. The van der Waals surface area contributed by atoms with Crippen LogP contribution in [0.1, 0.15) is 65.7 Å². The number of nitriles is 1. The smallest absolute Gasteiger partial charge is 0.243 e. The Bertz CT molecular complexity index is 313. The van der Waals surface area contributed by atoms with Gasteiger partial charge in [-0.25, -0.2) is 0 Å². The van der Waals surface area contributed by atoms with Crippen LogP contribution in [0.25, 0.3) is 0 Å². The van der Waals surface area contributed by atoms with E-state index in [1.165, 1.54) is 6.42 Å². The first-order valence-electron chi connectivity index (χ1n) is 7.37. The van der Waals surface area contributed by atoms with Crippen LogP contribution in [0.15, 0.2) is 0 Å². The number of rotatable bonds is 5. The van der Waals surface area contributed by atoms with Gasteiger partial charge in [0.2, 0.25) is 5.91 Å². The molecular weight excluding hydrogens is 224 g/mol. The van der Waals surface area contributed by atoms with Gasteiger partial charge in [0.1, 0.15) is 5.41 Å². The second-order valence-corrected chi connectivity index (χ2v) is 5.34. The molecule has 0 bridgehead atoms. The predicted molar refractivity (Wildman–Crippen MR) is 72.9 cm³/mol. The first-order valence-corrected chi connectivity index (χ1v) is 7.37. The van der Waals surface area contributed by atoms with Gasteiger partial charge in [-0.3, -0.25) is 4.79 Å². The van der Waals surface area contributed by atoms with E-state index in [9.17, 15) is 10.1 Å². The van der Waals surface area contributed by atoms with Crippen molar-refractivity contribution >= 4 is 5.91 Å². The van der Waals surface area contributed by atoms with Crippen molar-refractivity contribution in [3.05, 3.63) is 0 Å². The van der Waals surface area contributed by atoms with Crippen molar-refractivity contribution in [3.8, 4) is 6.07 Å². The van der Waals surface area contributed by atoms with Crippen LogP contribution in [0.2, 0.25) is 0 Å². The molecule has 1 saturated heterocycles. The van der Waals surface area contributed by atoms with E-state index in [2.05, 4.69) is 13.0 Å². The van der Waals surface area contributed by atoms with E-state index in [4.69, 9.17) is 0 Å². The van der Waals surface area contributed by atoms with E-state index in [1.54, 1.807) is 0 Å². The van der Waals surface area contributed by atoms with Crippen LogP contribution in [0.4, 0.5) is 0 Å². The third kappa shape index (κ3) is 2.85. The molecule has 0 N–H and O–H groups in total. The van der Waals surface area contributed by atoms with Crippen molar-refractivity contribution < 1.29 is 4.79 Å². The molecule has 1 aliphatic rings. The number of amides is 1. The number of carbonyl (C=O) groups is 1. The molecule has 102 valence electrons. The molecule has 1 fully saturated rings. The molecular formula is C15H26N2O. The summed E-state index contributed by atoms with van der Waals surface area (Å²) in [5, 5.41) is 9.40. The Morgan fingerprint density at radius 2 is 2.00 bits per heavy atom. The fraction of sp³-hybridized carbons (Fsp3) is 0.867.